The van der Waals surface area contributed by atoms with Crippen LogP contribution in [0.1, 0.15) is 18.4 Å². The first-order valence-corrected chi connectivity index (χ1v) is 12.9. The molecule has 4 heterocycles. The quantitative estimate of drug-likeness (QED) is 0.581. The van der Waals surface area contributed by atoms with Crippen molar-refractivity contribution in [1.29, 1.82) is 0 Å². The van der Waals surface area contributed by atoms with Gasteiger partial charge < -0.3 is 19.5 Å². The van der Waals surface area contributed by atoms with Crippen LogP contribution < -0.4 is 10.1 Å². The van der Waals surface area contributed by atoms with Crippen LogP contribution in [0.5, 0.6) is 5.88 Å². The fourth-order valence-corrected chi connectivity index (χ4v) is 6.44. The molecule has 9 nitrogen and oxygen atoms in total. The zero-order chi connectivity index (χ0) is 22.8. The van der Waals surface area contributed by atoms with Gasteiger partial charge in [-0.1, -0.05) is 0 Å². The van der Waals surface area contributed by atoms with Gasteiger partial charge in [-0.2, -0.15) is 4.36 Å². The second-order valence-electron chi connectivity index (χ2n) is 8.31. The van der Waals surface area contributed by atoms with E-state index in [0.29, 0.717) is 47.8 Å². The van der Waals surface area contributed by atoms with Gasteiger partial charge in [-0.25, -0.2) is 19.2 Å². The first kappa shape index (κ1) is 22.0. The minimum absolute atomic E-state index is 0.143. The molecule has 2 fully saturated rings. The molecule has 0 bridgehead atoms. The predicted molar refractivity (Wildman–Crippen MR) is 127 cm³/mol. The van der Waals surface area contributed by atoms with Gasteiger partial charge in [0.1, 0.15) is 23.9 Å². The topological polar surface area (TPSA) is 108 Å². The van der Waals surface area contributed by atoms with E-state index in [2.05, 4.69) is 24.6 Å². The molecule has 1 aromatic carbocycles. The van der Waals surface area contributed by atoms with Crippen molar-refractivity contribution in [2.24, 2.45) is 4.36 Å². The van der Waals surface area contributed by atoms with Crippen molar-refractivity contribution in [3.63, 3.8) is 0 Å². The van der Waals surface area contributed by atoms with E-state index in [-0.39, 0.29) is 12.2 Å². The SMILES string of the molecule is COC1COCC1Oc1ncccc1Nc1ncnc2cc(N=S3(=O)CCCC3)cc(C)c12. The number of aromatic nitrogens is 3. The summed E-state index contributed by atoms with van der Waals surface area (Å²) in [7, 11) is -0.509. The van der Waals surface area contributed by atoms with E-state index in [0.717, 1.165) is 29.3 Å². The largest absolute Gasteiger partial charge is 0.468 e. The summed E-state index contributed by atoms with van der Waals surface area (Å²) in [6, 6.07) is 7.54. The van der Waals surface area contributed by atoms with Crippen LogP contribution in [0.3, 0.4) is 0 Å². The normalized spacial score (nSPS) is 21.9. The van der Waals surface area contributed by atoms with Crippen molar-refractivity contribution in [3.05, 3.63) is 42.4 Å². The summed E-state index contributed by atoms with van der Waals surface area (Å²) in [6.07, 6.45) is 4.74. The van der Waals surface area contributed by atoms with E-state index in [1.807, 2.05) is 31.2 Å². The second-order valence-corrected chi connectivity index (χ2v) is 10.9. The van der Waals surface area contributed by atoms with Crippen LogP contribution in [0.2, 0.25) is 0 Å². The zero-order valence-electron chi connectivity index (χ0n) is 18.7. The highest BCUT2D eigenvalue weighted by molar-refractivity contribution is 7.93. The molecule has 33 heavy (non-hydrogen) atoms. The van der Waals surface area contributed by atoms with Crippen LogP contribution in [0, 0.1) is 6.92 Å². The monoisotopic (exact) mass is 469 g/mol. The maximum Gasteiger partial charge on any atom is 0.238 e. The molecule has 2 atom stereocenters. The summed E-state index contributed by atoms with van der Waals surface area (Å²) in [5.74, 6) is 2.42. The summed E-state index contributed by atoms with van der Waals surface area (Å²) in [5.41, 5.74) is 3.07. The van der Waals surface area contributed by atoms with E-state index < -0.39 is 9.73 Å². The number of hydrogen-bond acceptors (Lipinski definition) is 9. The Kier molecular flexibility index (Phi) is 6.13. The average molecular weight is 470 g/mol. The molecule has 10 heteroatoms. The van der Waals surface area contributed by atoms with E-state index >= 15 is 0 Å². The molecule has 0 saturated carbocycles. The Morgan fingerprint density at radius 2 is 1.97 bits per heavy atom. The van der Waals surface area contributed by atoms with Gasteiger partial charge in [0.2, 0.25) is 5.88 Å². The van der Waals surface area contributed by atoms with Gasteiger partial charge in [0.05, 0.1) is 34.1 Å². The van der Waals surface area contributed by atoms with Gasteiger partial charge in [0.25, 0.3) is 0 Å². The molecule has 2 unspecified atom stereocenters. The Bertz CT molecular complexity index is 1280. The van der Waals surface area contributed by atoms with Crippen molar-refractivity contribution < 1.29 is 18.4 Å². The van der Waals surface area contributed by atoms with Crippen LogP contribution >= 0.6 is 0 Å². The number of pyridine rings is 1. The van der Waals surface area contributed by atoms with E-state index in [1.165, 1.54) is 6.33 Å². The summed E-state index contributed by atoms with van der Waals surface area (Å²) in [4.78, 5) is 13.3. The van der Waals surface area contributed by atoms with Crippen LogP contribution in [-0.4, -0.2) is 63.2 Å². The summed E-state index contributed by atoms with van der Waals surface area (Å²) < 4.78 is 34.5. The van der Waals surface area contributed by atoms with Gasteiger partial charge >= 0.3 is 0 Å². The Labute approximate surface area is 193 Å². The van der Waals surface area contributed by atoms with Crippen molar-refractivity contribution >= 4 is 37.8 Å². The van der Waals surface area contributed by atoms with Crippen LogP contribution in [-0.2, 0) is 19.2 Å². The molecule has 3 aromatic rings. The number of anilines is 2. The van der Waals surface area contributed by atoms with Crippen molar-refractivity contribution in [1.82, 2.24) is 15.0 Å². The van der Waals surface area contributed by atoms with Crippen molar-refractivity contribution in [2.45, 2.75) is 32.0 Å². The first-order valence-electron chi connectivity index (χ1n) is 11.0. The number of aryl methyl sites for hydroxylation is 1. The Balaban J connectivity index is 1.47. The number of hydrogen-bond donors (Lipinski definition) is 1. The number of ether oxygens (including phenoxy) is 3. The van der Waals surface area contributed by atoms with Crippen LogP contribution in [0.4, 0.5) is 17.2 Å². The lowest BCUT2D eigenvalue weighted by molar-refractivity contribution is 0.0311. The Hall–Kier alpha value is -2.82. The fourth-order valence-electron chi connectivity index (χ4n) is 4.26. The predicted octanol–water partition coefficient (Wildman–Crippen LogP) is 3.76. The number of fused-ring (bicyclic) bond motifs is 1. The molecule has 0 amide bonds. The van der Waals surface area contributed by atoms with E-state index in [9.17, 15) is 4.21 Å². The van der Waals surface area contributed by atoms with Gasteiger partial charge in [-0.15, -0.1) is 0 Å². The average Bonchev–Trinajstić information content (AvgIpc) is 3.43. The van der Waals surface area contributed by atoms with Crippen LogP contribution in [0.25, 0.3) is 10.9 Å². The maximum atomic E-state index is 12.9. The van der Waals surface area contributed by atoms with Gasteiger partial charge in [-0.3, -0.25) is 0 Å². The lowest BCUT2D eigenvalue weighted by Crippen LogP contribution is -2.32. The lowest BCUT2D eigenvalue weighted by Gasteiger charge is -2.19. The number of benzene rings is 1. The summed E-state index contributed by atoms with van der Waals surface area (Å²) in [6.45, 7) is 2.92. The smallest absolute Gasteiger partial charge is 0.238 e. The number of rotatable bonds is 6. The molecule has 2 saturated heterocycles. The fraction of sp³-hybridized carbons (Fsp3) is 0.435. The van der Waals surface area contributed by atoms with E-state index in [1.54, 1.807) is 13.3 Å². The standard InChI is InChI=1S/C23H27N5O4S/c1-15-10-16(28-33(29)8-3-4-9-33)11-18-21(15)22(26-14-25-18)27-17-6-5-7-24-23(17)32-20-13-31-12-19(20)30-2/h5-7,10-11,14,19-20H,3-4,8-9,12-13H2,1-2H3,(H,25,26,27). The highest BCUT2D eigenvalue weighted by Crippen LogP contribution is 2.33. The van der Waals surface area contributed by atoms with Gasteiger partial charge in [0, 0.05) is 30.2 Å². The highest BCUT2D eigenvalue weighted by atomic mass is 32.2. The van der Waals surface area contributed by atoms with Crippen molar-refractivity contribution in [3.8, 4) is 5.88 Å². The number of nitrogens with zero attached hydrogens (tertiary/aromatic N) is 4. The number of methoxy groups -OCH3 is 1. The Morgan fingerprint density at radius 1 is 1.15 bits per heavy atom. The van der Waals surface area contributed by atoms with Gasteiger partial charge in [-0.05, 0) is 49.6 Å². The molecule has 2 aliphatic rings. The minimum Gasteiger partial charge on any atom is -0.468 e. The molecule has 0 radical (unpaired) electrons. The lowest BCUT2D eigenvalue weighted by atomic mass is 10.1. The molecular formula is C23H27N5O4S. The molecule has 2 aromatic heterocycles. The first-order chi connectivity index (χ1) is 16.0. The maximum absolute atomic E-state index is 12.9. The molecule has 2 aliphatic heterocycles. The third-order valence-corrected chi connectivity index (χ3v) is 8.33. The zero-order valence-corrected chi connectivity index (χ0v) is 19.5. The molecule has 5 rings (SSSR count). The molecular weight excluding hydrogens is 442 g/mol. The highest BCUT2D eigenvalue weighted by Gasteiger charge is 2.31. The summed E-state index contributed by atoms with van der Waals surface area (Å²) in [5, 5.41) is 4.22. The summed E-state index contributed by atoms with van der Waals surface area (Å²) >= 11 is 0. The van der Waals surface area contributed by atoms with Crippen LogP contribution in [0.15, 0.2) is 41.2 Å². The number of nitrogens with one attached hydrogen (secondary N) is 1. The van der Waals surface area contributed by atoms with E-state index in [4.69, 9.17) is 14.2 Å². The molecule has 1 N–H and O–H groups in total. The Morgan fingerprint density at radius 3 is 2.79 bits per heavy atom. The third-order valence-electron chi connectivity index (χ3n) is 5.94. The van der Waals surface area contributed by atoms with Crippen molar-refractivity contribution in [2.75, 3.05) is 37.1 Å². The van der Waals surface area contributed by atoms with Gasteiger partial charge in [0.15, 0.2) is 6.10 Å². The molecule has 0 aliphatic carbocycles. The second kappa shape index (κ2) is 9.20. The molecule has 0 spiro atoms. The minimum atomic E-state index is -2.15. The molecule has 174 valence electrons. The third kappa shape index (κ3) is 4.64.